The van der Waals surface area contributed by atoms with Crippen LogP contribution in [-0.4, -0.2) is 50.1 Å². The molecule has 5 nitrogen and oxygen atoms in total. The summed E-state index contributed by atoms with van der Waals surface area (Å²) in [6.45, 7) is -15.4. The van der Waals surface area contributed by atoms with Crippen LogP contribution in [0.5, 0.6) is 0 Å². The topological polar surface area (TPSA) is 52.6 Å². The summed E-state index contributed by atoms with van der Waals surface area (Å²) in [5, 5.41) is 0. The maximum atomic E-state index is 11.2. The molecule has 0 heterocycles. The number of hydrogen-bond donors (Lipinski definition) is 0. The predicted molar refractivity (Wildman–Crippen MR) is 50.2 cm³/mol. The molecular weight excluding hydrogens is 267 g/mol. The summed E-state index contributed by atoms with van der Waals surface area (Å²) >= 11 is 0. The average Bonchev–Trinajstić information content (AvgIpc) is 2.18. The van der Waals surface area contributed by atoms with Crippen LogP contribution in [0.3, 0.4) is 0 Å². The first-order valence-corrected chi connectivity index (χ1v) is 3.37. The molecule has 0 aromatic heterocycles. The first kappa shape index (κ1) is 4.33. The minimum absolute atomic E-state index is 0. The summed E-state index contributed by atoms with van der Waals surface area (Å²) in [5.41, 5.74) is 0. The molecule has 0 fully saturated rings. The second-order valence-electron chi connectivity index (χ2n) is 2.26. The standard InChI is InChI=1S/C9H18NO4.BrH/c1-7(11)13-9(14-8(2)12)6-10(3,4)5;/h9H,6H2,1-5H3;1H/q+1;/p-1/i3D3,4D3,5D3,6D2,9D,10+1;. The minimum atomic E-state index is -4.29. The maximum Gasteiger partial charge on any atom is 0.305 e. The van der Waals surface area contributed by atoms with E-state index in [1.165, 1.54) is 0 Å². The molecule has 90 valence electrons. The van der Waals surface area contributed by atoms with Gasteiger partial charge in [-0.25, -0.2) is 0 Å². The quantitative estimate of drug-likeness (QED) is 0.243. The number of ether oxygens (including phenoxy) is 2. The number of quaternary nitrogens is 1. The van der Waals surface area contributed by atoms with Gasteiger partial charge in [-0.3, -0.25) is 9.59 Å². The third kappa shape index (κ3) is 11.3. The van der Waals surface area contributed by atoms with Gasteiger partial charge in [0.2, 0.25) is 0 Å². The second kappa shape index (κ2) is 6.79. The third-order valence-electron chi connectivity index (χ3n) is 0.732. The monoisotopic (exact) mass is 296 g/mol. The van der Waals surface area contributed by atoms with Crippen LogP contribution in [0.25, 0.3) is 0 Å². The van der Waals surface area contributed by atoms with E-state index in [2.05, 4.69) is 9.47 Å². The molecule has 0 saturated carbocycles. The summed E-state index contributed by atoms with van der Waals surface area (Å²) in [5.74, 6) is -2.91. The fourth-order valence-corrected chi connectivity index (χ4v) is 0.464. The van der Waals surface area contributed by atoms with Crippen LogP contribution in [0.1, 0.15) is 30.3 Å². The molecule has 0 aliphatic rings. The van der Waals surface area contributed by atoms with E-state index in [0.29, 0.717) is 13.8 Å². The van der Waals surface area contributed by atoms with Crippen molar-refractivity contribution in [3.63, 3.8) is 0 Å². The fraction of sp³-hybridized carbons (Fsp3) is 0.778. The number of carbonyl (C=O) groups excluding carboxylic acids is 2. The van der Waals surface area contributed by atoms with Gasteiger partial charge in [0.15, 0.2) is 6.50 Å². The molecule has 0 aromatic rings. The van der Waals surface area contributed by atoms with Crippen LogP contribution in [-0.2, 0) is 19.1 Å². The van der Waals surface area contributed by atoms with Gasteiger partial charge in [-0.1, -0.05) is 0 Å². The lowest BCUT2D eigenvalue weighted by Gasteiger charge is -2.27. The van der Waals surface area contributed by atoms with Crippen LogP contribution in [0.2, 0.25) is 0 Å². The Labute approximate surface area is 118 Å². The summed E-state index contributed by atoms with van der Waals surface area (Å²) in [6.07, 6.45) is -3.93. The van der Waals surface area contributed by atoms with Crippen molar-refractivity contribution >= 4 is 11.9 Å². The number of carbonyl (C=O) groups is 2. The van der Waals surface area contributed by atoms with Crippen molar-refractivity contribution in [1.82, 2.24) is 0 Å². The molecule has 6 heteroatoms. The van der Waals surface area contributed by atoms with Crippen molar-refractivity contribution in [2.24, 2.45) is 0 Å². The Balaban J connectivity index is 0. The van der Waals surface area contributed by atoms with Crippen molar-refractivity contribution in [1.29, 1.82) is 0 Å². The summed E-state index contributed by atoms with van der Waals surface area (Å²) in [4.78, 5) is 22.5. The SMILES string of the molecule is [2H]C(OC(C)=O)(OC(C)=O)C([2H])([2H])[15N+](C([2H])([2H])[2H])(C([2H])([2H])[2H])C([2H])([2H])[2H].[Br-]. The number of halogens is 1. The van der Waals surface area contributed by atoms with Gasteiger partial charge in [0.05, 0.1) is 33.3 Å². The Morgan fingerprint density at radius 3 is 2.00 bits per heavy atom. The number of esters is 2. The lowest BCUT2D eigenvalue weighted by molar-refractivity contribution is -0.876. The number of rotatable bonds is 4. The molecule has 0 aliphatic heterocycles. The number of hydrogen-bond acceptors (Lipinski definition) is 4. The second-order valence-corrected chi connectivity index (χ2v) is 2.26. The normalized spacial score (nSPS) is 26.5. The summed E-state index contributed by atoms with van der Waals surface area (Å²) in [6, 6.07) is 0. The van der Waals surface area contributed by atoms with Crippen molar-refractivity contribution in [3.05, 3.63) is 0 Å². The van der Waals surface area contributed by atoms with Crippen LogP contribution in [0.4, 0.5) is 0 Å². The Hall–Kier alpha value is -0.620. The molecule has 0 amide bonds. The van der Waals surface area contributed by atoms with E-state index in [1.54, 1.807) is 0 Å². The third-order valence-corrected chi connectivity index (χ3v) is 0.732. The molecule has 0 radical (unpaired) electrons. The van der Waals surface area contributed by atoms with Crippen LogP contribution < -0.4 is 17.0 Å². The first-order chi connectivity index (χ1) is 11.1. The minimum Gasteiger partial charge on any atom is -1.00 e. The van der Waals surface area contributed by atoms with E-state index in [9.17, 15) is 9.59 Å². The molecule has 0 saturated heterocycles. The molecule has 15 heavy (non-hydrogen) atoms. The molecule has 0 N–H and O–H groups in total. The molecule has 0 spiro atoms. The van der Waals surface area contributed by atoms with Crippen molar-refractivity contribution in [2.75, 3.05) is 27.4 Å². The first-order valence-electron chi connectivity index (χ1n) is 9.37. The van der Waals surface area contributed by atoms with Crippen LogP contribution in [0.15, 0.2) is 0 Å². The van der Waals surface area contributed by atoms with Gasteiger partial charge in [0.25, 0.3) is 6.27 Å². The van der Waals surface area contributed by atoms with E-state index in [1.807, 2.05) is 0 Å². The van der Waals surface area contributed by atoms with Crippen LogP contribution in [0, 0.1) is 0 Å². The highest BCUT2D eigenvalue weighted by Gasteiger charge is 2.23. The molecule has 0 aromatic carbocycles. The number of likely N-dealkylation sites (N-methyl/N-ethyl adjacent to an activating group) is 1. The van der Waals surface area contributed by atoms with Crippen molar-refractivity contribution < 1.29 is 57.0 Å². The smallest absolute Gasteiger partial charge is 0.305 e. The predicted octanol–water partition coefficient (Wildman–Crippen LogP) is -2.85. The molecule has 0 unspecified atom stereocenters. The molecule has 0 bridgehead atoms. The highest BCUT2D eigenvalue weighted by atomic mass is 79.9. The zero-order valence-electron chi connectivity index (χ0n) is 20.0. The van der Waals surface area contributed by atoms with Gasteiger partial charge in [-0.05, 0) is 0 Å². The molecule has 0 atom stereocenters. The Bertz CT molecular complexity index is 517. The van der Waals surface area contributed by atoms with Crippen molar-refractivity contribution in [2.45, 2.75) is 20.1 Å². The van der Waals surface area contributed by atoms with Gasteiger partial charge >= 0.3 is 11.9 Å². The van der Waals surface area contributed by atoms with E-state index in [0.717, 1.165) is 0 Å². The van der Waals surface area contributed by atoms with Crippen LogP contribution >= 0.6 is 0 Å². The van der Waals surface area contributed by atoms with E-state index < -0.39 is 50.1 Å². The van der Waals surface area contributed by atoms with Gasteiger partial charge < -0.3 is 30.9 Å². The van der Waals surface area contributed by atoms with Gasteiger partial charge in [0.1, 0.15) is 4.11 Å². The highest BCUT2D eigenvalue weighted by Crippen LogP contribution is 2.02. The fourth-order valence-electron chi connectivity index (χ4n) is 0.464. The highest BCUT2D eigenvalue weighted by molar-refractivity contribution is 5.68. The lowest BCUT2D eigenvalue weighted by Crippen LogP contribution is -3.00. The molecule has 0 rings (SSSR count). The Kier molecular flexibility index (Phi) is 1.96. The Morgan fingerprint density at radius 1 is 1.33 bits per heavy atom. The van der Waals surface area contributed by atoms with Crippen molar-refractivity contribution in [3.8, 4) is 0 Å². The van der Waals surface area contributed by atoms with Gasteiger partial charge in [-0.2, -0.15) is 0 Å². The summed E-state index contributed by atoms with van der Waals surface area (Å²) in [7, 11) is 0. The number of nitrogens with zero attached hydrogens (tertiary/aromatic N) is 1. The zero-order valence-corrected chi connectivity index (χ0v) is 9.54. The zero-order chi connectivity index (χ0) is 21.6. The Morgan fingerprint density at radius 2 is 1.73 bits per heavy atom. The lowest BCUT2D eigenvalue weighted by atomic mass is 10.6. The van der Waals surface area contributed by atoms with E-state index in [4.69, 9.17) is 16.4 Å². The van der Waals surface area contributed by atoms with E-state index in [-0.39, 0.29) is 17.0 Å². The van der Waals surface area contributed by atoms with E-state index >= 15 is 0 Å². The largest absolute Gasteiger partial charge is 1.00 e. The van der Waals surface area contributed by atoms with Gasteiger partial charge in [-0.15, -0.1) is 0 Å². The molecule has 0 aliphatic carbocycles. The summed E-state index contributed by atoms with van der Waals surface area (Å²) < 4.78 is 95.8. The van der Waals surface area contributed by atoms with Gasteiger partial charge in [0, 0.05) is 13.8 Å². The maximum absolute atomic E-state index is 11.2. The average molecular weight is 297 g/mol. The molecular formula is C9H18BrNO4.